The van der Waals surface area contributed by atoms with Gasteiger partial charge in [0.1, 0.15) is 0 Å². The third kappa shape index (κ3) is 2.65. The monoisotopic (exact) mass is 259 g/mol. The highest BCUT2D eigenvalue weighted by molar-refractivity contribution is 5.96. The first-order valence-electron chi connectivity index (χ1n) is 7.10. The van der Waals surface area contributed by atoms with Gasteiger partial charge >= 0.3 is 0 Å². The quantitative estimate of drug-likeness (QED) is 0.797. The minimum atomic E-state index is 0.0111. The molecular formula is C15H21N3O. The van der Waals surface area contributed by atoms with E-state index in [1.165, 1.54) is 5.56 Å². The summed E-state index contributed by atoms with van der Waals surface area (Å²) in [6.07, 6.45) is 1.88. The molecule has 2 aliphatic heterocycles. The number of anilines is 1. The lowest BCUT2D eigenvalue weighted by molar-refractivity contribution is -0.121. The second-order valence-electron chi connectivity index (χ2n) is 5.55. The molecule has 1 saturated heterocycles. The summed E-state index contributed by atoms with van der Waals surface area (Å²) in [5, 5.41) is 6.51. The zero-order valence-corrected chi connectivity index (χ0v) is 11.4. The summed E-state index contributed by atoms with van der Waals surface area (Å²) >= 11 is 0. The number of hydrogen-bond acceptors (Lipinski definition) is 3. The molecule has 0 bridgehead atoms. The Morgan fingerprint density at radius 3 is 3.00 bits per heavy atom. The maximum atomic E-state index is 12.4. The van der Waals surface area contributed by atoms with Crippen molar-refractivity contribution in [3.63, 3.8) is 0 Å². The van der Waals surface area contributed by atoms with Crippen molar-refractivity contribution in [1.82, 2.24) is 10.2 Å². The molecule has 19 heavy (non-hydrogen) atoms. The first kappa shape index (κ1) is 12.6. The molecule has 3 rings (SSSR count). The van der Waals surface area contributed by atoms with Crippen LogP contribution in [-0.4, -0.2) is 42.5 Å². The largest absolute Gasteiger partial charge is 0.324 e. The molecule has 1 aromatic carbocycles. The molecule has 0 spiro atoms. The lowest BCUT2D eigenvalue weighted by Gasteiger charge is -2.36. The van der Waals surface area contributed by atoms with Crippen LogP contribution in [0.15, 0.2) is 24.3 Å². The maximum absolute atomic E-state index is 12.4. The zero-order chi connectivity index (χ0) is 13.2. The molecule has 2 heterocycles. The first-order valence-corrected chi connectivity index (χ1v) is 7.10. The summed E-state index contributed by atoms with van der Waals surface area (Å²) in [5.41, 5.74) is 2.24. The van der Waals surface area contributed by atoms with Crippen molar-refractivity contribution in [1.29, 1.82) is 0 Å². The Kier molecular flexibility index (Phi) is 3.53. The van der Waals surface area contributed by atoms with Crippen molar-refractivity contribution < 1.29 is 4.79 Å². The fourth-order valence-electron chi connectivity index (χ4n) is 3.09. The highest BCUT2D eigenvalue weighted by atomic mass is 16.2. The Labute approximate surface area is 114 Å². The van der Waals surface area contributed by atoms with E-state index in [0.717, 1.165) is 38.2 Å². The van der Waals surface area contributed by atoms with Crippen molar-refractivity contribution in [2.24, 2.45) is 0 Å². The summed E-state index contributed by atoms with van der Waals surface area (Å²) in [7, 11) is 0. The Morgan fingerprint density at radius 2 is 2.16 bits per heavy atom. The van der Waals surface area contributed by atoms with Gasteiger partial charge in [0.05, 0.1) is 6.04 Å². The Balaban J connectivity index is 1.77. The Bertz CT molecular complexity index is 474. The number of carbonyl (C=O) groups excluding carboxylic acids is 1. The van der Waals surface area contributed by atoms with Crippen molar-refractivity contribution in [2.75, 3.05) is 25.0 Å². The second-order valence-corrected chi connectivity index (χ2v) is 5.55. The zero-order valence-electron chi connectivity index (χ0n) is 11.4. The molecule has 2 unspecified atom stereocenters. The van der Waals surface area contributed by atoms with Crippen LogP contribution < -0.4 is 10.6 Å². The minimum absolute atomic E-state index is 0.0111. The predicted octanol–water partition coefficient (Wildman–Crippen LogP) is 1.23. The van der Waals surface area contributed by atoms with Gasteiger partial charge in [-0.25, -0.2) is 0 Å². The van der Waals surface area contributed by atoms with Gasteiger partial charge in [0.2, 0.25) is 5.91 Å². The van der Waals surface area contributed by atoms with Gasteiger partial charge in [0.25, 0.3) is 0 Å². The third-order valence-electron chi connectivity index (χ3n) is 4.11. The van der Waals surface area contributed by atoms with Gasteiger partial charge in [-0.2, -0.15) is 0 Å². The number of rotatable bonds is 1. The molecule has 1 aromatic rings. The highest BCUT2D eigenvalue weighted by Gasteiger charge is 2.31. The SMILES string of the molecule is CC1CN(C2CCc3ccccc3NC2=O)CCN1. The number of para-hydroxylation sites is 1. The van der Waals surface area contributed by atoms with E-state index in [4.69, 9.17) is 0 Å². The van der Waals surface area contributed by atoms with Gasteiger partial charge < -0.3 is 10.6 Å². The molecule has 0 radical (unpaired) electrons. The van der Waals surface area contributed by atoms with Crippen molar-refractivity contribution in [3.05, 3.63) is 29.8 Å². The molecule has 0 aliphatic carbocycles. The fourth-order valence-corrected chi connectivity index (χ4v) is 3.09. The molecule has 0 aromatic heterocycles. The Hall–Kier alpha value is -1.39. The number of aryl methyl sites for hydroxylation is 1. The predicted molar refractivity (Wildman–Crippen MR) is 76.2 cm³/mol. The van der Waals surface area contributed by atoms with E-state index in [-0.39, 0.29) is 11.9 Å². The van der Waals surface area contributed by atoms with Gasteiger partial charge in [0, 0.05) is 31.4 Å². The number of carbonyl (C=O) groups is 1. The van der Waals surface area contributed by atoms with Gasteiger partial charge in [-0.1, -0.05) is 18.2 Å². The molecule has 1 fully saturated rings. The Morgan fingerprint density at radius 1 is 1.32 bits per heavy atom. The van der Waals surface area contributed by atoms with Crippen LogP contribution in [0.5, 0.6) is 0 Å². The normalized spacial score (nSPS) is 28.4. The second kappa shape index (κ2) is 5.31. The standard InChI is InChI=1S/C15H21N3O/c1-11-10-18(9-8-16-11)14-7-6-12-4-2-3-5-13(12)17-15(14)19/h2-5,11,14,16H,6-10H2,1H3,(H,17,19). The topological polar surface area (TPSA) is 44.4 Å². The van der Waals surface area contributed by atoms with E-state index in [1.54, 1.807) is 0 Å². The van der Waals surface area contributed by atoms with Gasteiger partial charge in [-0.15, -0.1) is 0 Å². The van der Waals surface area contributed by atoms with E-state index in [2.05, 4.69) is 28.5 Å². The van der Waals surface area contributed by atoms with Crippen LogP contribution in [0.4, 0.5) is 5.69 Å². The van der Waals surface area contributed by atoms with E-state index < -0.39 is 0 Å². The third-order valence-corrected chi connectivity index (χ3v) is 4.11. The molecule has 0 saturated carbocycles. The molecule has 102 valence electrons. The van der Waals surface area contributed by atoms with Crippen LogP contribution in [-0.2, 0) is 11.2 Å². The van der Waals surface area contributed by atoms with Gasteiger partial charge in [0.15, 0.2) is 0 Å². The van der Waals surface area contributed by atoms with Crippen LogP contribution in [0, 0.1) is 0 Å². The van der Waals surface area contributed by atoms with Gasteiger partial charge in [-0.3, -0.25) is 9.69 Å². The number of nitrogens with zero attached hydrogens (tertiary/aromatic N) is 1. The van der Waals surface area contributed by atoms with E-state index in [0.29, 0.717) is 6.04 Å². The highest BCUT2D eigenvalue weighted by Crippen LogP contribution is 2.24. The molecule has 2 N–H and O–H groups in total. The molecule has 2 aliphatic rings. The van der Waals surface area contributed by atoms with Crippen molar-refractivity contribution in [3.8, 4) is 0 Å². The summed E-state index contributed by atoms with van der Waals surface area (Å²) < 4.78 is 0. The average Bonchev–Trinajstić information content (AvgIpc) is 2.57. The summed E-state index contributed by atoms with van der Waals surface area (Å²) in [6, 6.07) is 8.60. The molecule has 1 amide bonds. The number of amides is 1. The lowest BCUT2D eigenvalue weighted by Crippen LogP contribution is -2.55. The minimum Gasteiger partial charge on any atom is -0.324 e. The van der Waals surface area contributed by atoms with Crippen molar-refractivity contribution >= 4 is 11.6 Å². The van der Waals surface area contributed by atoms with Crippen LogP contribution in [0.2, 0.25) is 0 Å². The van der Waals surface area contributed by atoms with Crippen LogP contribution >= 0.6 is 0 Å². The number of piperazine rings is 1. The van der Waals surface area contributed by atoms with Crippen LogP contribution in [0.1, 0.15) is 18.9 Å². The smallest absolute Gasteiger partial charge is 0.241 e. The molecule has 4 nitrogen and oxygen atoms in total. The summed E-state index contributed by atoms with van der Waals surface area (Å²) in [4.78, 5) is 14.7. The number of benzene rings is 1. The molecule has 4 heteroatoms. The number of nitrogens with one attached hydrogen (secondary N) is 2. The fraction of sp³-hybridized carbons (Fsp3) is 0.533. The summed E-state index contributed by atoms with van der Waals surface area (Å²) in [6.45, 7) is 5.06. The molecule has 2 atom stereocenters. The van der Waals surface area contributed by atoms with Gasteiger partial charge in [-0.05, 0) is 31.4 Å². The first-order chi connectivity index (χ1) is 9.24. The lowest BCUT2D eigenvalue weighted by atomic mass is 10.0. The van der Waals surface area contributed by atoms with Crippen LogP contribution in [0.3, 0.4) is 0 Å². The van der Waals surface area contributed by atoms with E-state index in [1.807, 2.05) is 18.2 Å². The van der Waals surface area contributed by atoms with Crippen LogP contribution in [0.25, 0.3) is 0 Å². The van der Waals surface area contributed by atoms with Crippen molar-refractivity contribution in [2.45, 2.75) is 31.8 Å². The van der Waals surface area contributed by atoms with E-state index >= 15 is 0 Å². The number of fused-ring (bicyclic) bond motifs is 1. The summed E-state index contributed by atoms with van der Waals surface area (Å²) in [5.74, 6) is 0.152. The van der Waals surface area contributed by atoms with E-state index in [9.17, 15) is 4.79 Å². The average molecular weight is 259 g/mol. The number of hydrogen-bond donors (Lipinski definition) is 2. The molecular weight excluding hydrogens is 238 g/mol. The maximum Gasteiger partial charge on any atom is 0.241 e.